The first-order valence-corrected chi connectivity index (χ1v) is 15.6. The minimum absolute atomic E-state index is 1.02. The van der Waals surface area contributed by atoms with Crippen LogP contribution in [0.25, 0.3) is 11.5 Å². The Morgan fingerprint density at radius 1 is 0.605 bits per heavy atom. The van der Waals surface area contributed by atoms with Gasteiger partial charge in [-0.05, 0) is 97.9 Å². The maximum atomic E-state index is 9.60. The van der Waals surface area contributed by atoms with E-state index < -0.39 is 0 Å². The van der Waals surface area contributed by atoms with E-state index in [4.69, 9.17) is 0 Å². The zero-order valence-electron chi connectivity index (χ0n) is 25.2. The van der Waals surface area contributed by atoms with Crippen LogP contribution in [0.1, 0.15) is 133 Å². The Bertz CT molecular complexity index is 1120. The van der Waals surface area contributed by atoms with Crippen molar-refractivity contribution in [1.29, 1.82) is 0 Å². The number of nitrogens with one attached hydrogen (secondary N) is 1. The molecule has 0 amide bonds. The van der Waals surface area contributed by atoms with E-state index in [2.05, 4.69) is 84.0 Å². The van der Waals surface area contributed by atoms with Gasteiger partial charge in [0.15, 0.2) is 0 Å². The Balaban J connectivity index is 2.22. The Morgan fingerprint density at radius 3 is 1.61 bits per heavy atom. The minimum atomic E-state index is 1.02. The monoisotopic (exact) mass is 512 g/mol. The molecule has 0 saturated carbocycles. The van der Waals surface area contributed by atoms with Crippen molar-refractivity contribution in [1.82, 2.24) is 0 Å². The second-order valence-electron chi connectivity index (χ2n) is 10.9. The van der Waals surface area contributed by atoms with Gasteiger partial charge in [-0.3, -0.25) is 0 Å². The summed E-state index contributed by atoms with van der Waals surface area (Å²) in [5, 5.41) is 0. The molecule has 1 N–H and O–H groups in total. The third kappa shape index (κ3) is 7.28. The summed E-state index contributed by atoms with van der Waals surface area (Å²) >= 11 is 0. The number of allylic oxidation sites excluding steroid dienone is 3. The second-order valence-corrected chi connectivity index (χ2v) is 10.9. The molecule has 0 spiro atoms. The molecule has 0 bridgehead atoms. The molecule has 2 aromatic carbocycles. The summed E-state index contributed by atoms with van der Waals surface area (Å²) in [6, 6.07) is 14.0. The van der Waals surface area contributed by atoms with E-state index in [9.17, 15) is 5.84 Å². The molecule has 206 valence electrons. The van der Waals surface area contributed by atoms with Crippen LogP contribution in [-0.4, -0.2) is 10.4 Å². The fourth-order valence-electron chi connectivity index (χ4n) is 5.66. The van der Waals surface area contributed by atoms with Crippen LogP contribution in [0.2, 0.25) is 0 Å². The molecule has 38 heavy (non-hydrogen) atoms. The normalized spacial score (nSPS) is 14.8. The molecule has 0 aromatic heterocycles. The standard InChI is InChI=1S/C36H52N2/c1-7-13-15-16-17-18-20-34-33(19-14-8-2)35(31-23-27(9-3)21-28(10-4)24-31)38(37)36(34)32-25-29(11-5)22-30(12-6)26-32/h20-26,37H,7-19H2,1-6H3. The van der Waals surface area contributed by atoms with Crippen molar-refractivity contribution in [3.05, 3.63) is 92.8 Å². The zero-order chi connectivity index (χ0) is 27.5. The molecule has 1 aliphatic rings. The van der Waals surface area contributed by atoms with Crippen LogP contribution < -0.4 is 0 Å². The van der Waals surface area contributed by atoms with E-state index in [1.807, 2.05) is 0 Å². The lowest BCUT2D eigenvalue weighted by atomic mass is 9.89. The minimum Gasteiger partial charge on any atom is -0.448 e. The molecule has 0 atom stereocenters. The van der Waals surface area contributed by atoms with Gasteiger partial charge in [0.05, 0.1) is 5.57 Å². The van der Waals surface area contributed by atoms with Gasteiger partial charge in [-0.15, -0.1) is 0 Å². The molecule has 2 aromatic rings. The van der Waals surface area contributed by atoms with Crippen LogP contribution in [0.4, 0.5) is 0 Å². The van der Waals surface area contributed by atoms with Crippen LogP contribution in [0.15, 0.2) is 53.6 Å². The molecule has 2 heteroatoms. The molecule has 0 unspecified atom stereocenters. The van der Waals surface area contributed by atoms with E-state index in [1.165, 1.54) is 76.6 Å². The quantitative estimate of drug-likeness (QED) is 0.168. The van der Waals surface area contributed by atoms with E-state index in [1.54, 1.807) is 4.68 Å². The summed E-state index contributed by atoms with van der Waals surface area (Å²) in [6.07, 6.45) is 17.4. The number of benzene rings is 2. The summed E-state index contributed by atoms with van der Waals surface area (Å²) in [4.78, 5) is 0. The van der Waals surface area contributed by atoms with Gasteiger partial charge in [0.25, 0.3) is 0 Å². The van der Waals surface area contributed by atoms with Crippen molar-refractivity contribution in [2.45, 2.75) is 125 Å². The molecule has 2 nitrogen and oxygen atoms in total. The maximum absolute atomic E-state index is 9.60. The molecule has 3 rings (SSSR count). The van der Waals surface area contributed by atoms with Gasteiger partial charge in [-0.1, -0.05) is 91.9 Å². The highest BCUT2D eigenvalue weighted by molar-refractivity contribution is 6.16. The van der Waals surface area contributed by atoms with Crippen LogP contribution >= 0.6 is 0 Å². The first-order valence-electron chi connectivity index (χ1n) is 15.6. The third-order valence-electron chi connectivity index (χ3n) is 8.03. The summed E-state index contributed by atoms with van der Waals surface area (Å²) in [6.45, 7) is 13.5. The van der Waals surface area contributed by atoms with Gasteiger partial charge < -0.3 is 5.84 Å². The number of unbranched alkanes of at least 4 members (excludes halogenated alkanes) is 6. The van der Waals surface area contributed by atoms with Crippen molar-refractivity contribution < 1.29 is 4.68 Å². The summed E-state index contributed by atoms with van der Waals surface area (Å²) in [5.41, 5.74) is 12.8. The van der Waals surface area contributed by atoms with Gasteiger partial charge in [0.2, 0.25) is 11.4 Å². The predicted molar refractivity (Wildman–Crippen MR) is 167 cm³/mol. The van der Waals surface area contributed by atoms with Gasteiger partial charge in [0, 0.05) is 16.7 Å². The topological polar surface area (TPSA) is 26.8 Å². The molecule has 1 aliphatic heterocycles. The third-order valence-corrected chi connectivity index (χ3v) is 8.03. The van der Waals surface area contributed by atoms with E-state index >= 15 is 0 Å². The maximum Gasteiger partial charge on any atom is 0.215 e. The number of hydrogen-bond acceptors (Lipinski definition) is 0. The van der Waals surface area contributed by atoms with E-state index in [0.717, 1.165) is 62.8 Å². The van der Waals surface area contributed by atoms with Crippen molar-refractivity contribution in [2.75, 3.05) is 0 Å². The first-order chi connectivity index (χ1) is 18.5. The van der Waals surface area contributed by atoms with Crippen LogP contribution in [0.3, 0.4) is 0 Å². The largest absolute Gasteiger partial charge is 0.448 e. The summed E-state index contributed by atoms with van der Waals surface area (Å²) in [5.74, 6) is 9.60. The molecule has 0 aliphatic carbocycles. The lowest BCUT2D eigenvalue weighted by Crippen LogP contribution is -2.13. The molecular formula is C36H52N2. The highest BCUT2D eigenvalue weighted by Crippen LogP contribution is 2.39. The number of rotatable bonds is 15. The molecule has 1 heterocycles. The van der Waals surface area contributed by atoms with Crippen LogP contribution in [0.5, 0.6) is 0 Å². The highest BCUT2D eigenvalue weighted by atomic mass is 15.3. The lowest BCUT2D eigenvalue weighted by Gasteiger charge is -2.12. The summed E-state index contributed by atoms with van der Waals surface area (Å²) < 4.78 is 1.80. The summed E-state index contributed by atoms with van der Waals surface area (Å²) in [7, 11) is 0. The predicted octanol–water partition coefficient (Wildman–Crippen LogP) is 10.6. The van der Waals surface area contributed by atoms with Crippen LogP contribution in [-0.2, 0) is 25.7 Å². The molecule has 0 fully saturated rings. The second kappa shape index (κ2) is 15.1. The number of nitrogens with zero attached hydrogens (tertiary/aromatic N) is 1. The fraction of sp³-hybridized carbons (Fsp3) is 0.528. The lowest BCUT2D eigenvalue weighted by molar-refractivity contribution is -0.347. The molecule has 0 saturated heterocycles. The zero-order valence-corrected chi connectivity index (χ0v) is 25.2. The highest BCUT2D eigenvalue weighted by Gasteiger charge is 2.35. The van der Waals surface area contributed by atoms with Crippen molar-refractivity contribution >= 4 is 11.4 Å². The van der Waals surface area contributed by atoms with Gasteiger partial charge in [-0.25, -0.2) is 4.68 Å². The Hall–Kier alpha value is -2.61. The average Bonchev–Trinajstić information content (AvgIpc) is 3.23. The van der Waals surface area contributed by atoms with Crippen molar-refractivity contribution in [3.8, 4) is 0 Å². The van der Waals surface area contributed by atoms with Crippen LogP contribution in [0, 0.1) is 0 Å². The molecular weight excluding hydrogens is 460 g/mol. The Morgan fingerprint density at radius 2 is 1.11 bits per heavy atom. The van der Waals surface area contributed by atoms with Gasteiger partial charge in [0.1, 0.15) is 0 Å². The fourth-order valence-corrected chi connectivity index (χ4v) is 5.66. The SMILES string of the molecule is CCCCCCCC=C1C(CCCC)=C(c2cc(CC)cc(CC)c2)[N+]([NH-])=C1c1cc(CC)cc(CC)c1. The van der Waals surface area contributed by atoms with Crippen molar-refractivity contribution in [2.24, 2.45) is 0 Å². The average molecular weight is 513 g/mol. The van der Waals surface area contributed by atoms with Gasteiger partial charge in [-0.2, -0.15) is 0 Å². The Kier molecular flexibility index (Phi) is 11.9. The number of hydrogen-bond donors (Lipinski definition) is 0. The van der Waals surface area contributed by atoms with Crippen molar-refractivity contribution in [3.63, 3.8) is 0 Å². The first kappa shape index (κ1) is 29.9. The van der Waals surface area contributed by atoms with E-state index in [-0.39, 0.29) is 0 Å². The molecule has 0 radical (unpaired) electrons. The smallest absolute Gasteiger partial charge is 0.215 e. The Labute approximate surface area is 233 Å². The number of aryl methyl sites for hydroxylation is 4. The van der Waals surface area contributed by atoms with E-state index in [0.29, 0.717) is 0 Å². The van der Waals surface area contributed by atoms with Gasteiger partial charge >= 0.3 is 0 Å².